The van der Waals surface area contributed by atoms with E-state index >= 15 is 0 Å². The van der Waals surface area contributed by atoms with Crippen molar-refractivity contribution >= 4 is 54.3 Å². The van der Waals surface area contributed by atoms with Crippen LogP contribution in [0.15, 0.2) is 192 Å². The molecule has 0 aliphatic heterocycles. The van der Waals surface area contributed by atoms with Gasteiger partial charge < -0.3 is 4.42 Å². The topological polar surface area (TPSA) is 51.8 Å². The minimum atomic E-state index is 0.637. The standard InChI is InChI=1S/C51H31N3O/c1-3-13-32(14-4-1)49-52-50(33-15-5-2-6-16-33)54-51(53-49)38-20-12-19-36(30-38)34-17-11-18-35(29-34)37-25-26-43-45(31-37)40-22-8-7-21-39(40)42-27-28-44-41-23-9-10-24-46(41)55-48(44)47(42)43/h1-31H. The summed E-state index contributed by atoms with van der Waals surface area (Å²) in [6.07, 6.45) is 0. The summed E-state index contributed by atoms with van der Waals surface area (Å²) in [6, 6.07) is 65.8. The molecule has 2 aromatic heterocycles. The number of para-hydroxylation sites is 1. The molecule has 4 nitrogen and oxygen atoms in total. The SMILES string of the molecule is c1ccc(-c2nc(-c3ccccc3)nc(-c3cccc(-c4cccc(-c5ccc6c(c5)c5ccccc5c5ccc7c8ccccc8oc7c56)c4)c3)n2)cc1. The number of furan rings is 1. The lowest BCUT2D eigenvalue weighted by molar-refractivity contribution is 0.673. The van der Waals surface area contributed by atoms with Crippen molar-refractivity contribution in [2.75, 3.05) is 0 Å². The highest BCUT2D eigenvalue weighted by molar-refractivity contribution is 6.32. The van der Waals surface area contributed by atoms with E-state index < -0.39 is 0 Å². The number of rotatable bonds is 5. The first-order valence-corrected chi connectivity index (χ1v) is 18.5. The van der Waals surface area contributed by atoms with E-state index in [0.717, 1.165) is 66.3 Å². The smallest absolute Gasteiger partial charge is 0.164 e. The van der Waals surface area contributed by atoms with E-state index in [1.54, 1.807) is 0 Å². The zero-order valence-corrected chi connectivity index (χ0v) is 29.6. The van der Waals surface area contributed by atoms with Gasteiger partial charge in [0.25, 0.3) is 0 Å². The van der Waals surface area contributed by atoms with Crippen LogP contribution in [0.25, 0.3) is 111 Å². The van der Waals surface area contributed by atoms with Crippen LogP contribution in [-0.4, -0.2) is 15.0 Å². The van der Waals surface area contributed by atoms with E-state index in [1.807, 2.05) is 66.7 Å². The largest absolute Gasteiger partial charge is 0.455 e. The van der Waals surface area contributed by atoms with E-state index in [0.29, 0.717) is 17.5 Å². The van der Waals surface area contributed by atoms with E-state index in [4.69, 9.17) is 19.4 Å². The zero-order chi connectivity index (χ0) is 36.3. The Bertz CT molecular complexity index is 3200. The summed E-state index contributed by atoms with van der Waals surface area (Å²) in [7, 11) is 0. The summed E-state index contributed by atoms with van der Waals surface area (Å²) in [4.78, 5) is 14.8. The number of hydrogen-bond acceptors (Lipinski definition) is 4. The molecule has 0 fully saturated rings. The molecule has 0 saturated heterocycles. The zero-order valence-electron chi connectivity index (χ0n) is 29.6. The summed E-state index contributed by atoms with van der Waals surface area (Å²) in [5.41, 5.74) is 9.19. The summed E-state index contributed by atoms with van der Waals surface area (Å²) < 4.78 is 6.59. The lowest BCUT2D eigenvalue weighted by Crippen LogP contribution is -2.00. The molecule has 11 aromatic rings. The fourth-order valence-corrected chi connectivity index (χ4v) is 8.05. The maximum Gasteiger partial charge on any atom is 0.164 e. The molecule has 0 spiro atoms. The monoisotopic (exact) mass is 701 g/mol. The number of fused-ring (bicyclic) bond motifs is 10. The van der Waals surface area contributed by atoms with Crippen molar-refractivity contribution in [1.82, 2.24) is 15.0 Å². The summed E-state index contributed by atoms with van der Waals surface area (Å²) in [6.45, 7) is 0. The van der Waals surface area contributed by atoms with Crippen LogP contribution < -0.4 is 0 Å². The van der Waals surface area contributed by atoms with Crippen molar-refractivity contribution in [3.63, 3.8) is 0 Å². The van der Waals surface area contributed by atoms with E-state index in [9.17, 15) is 0 Å². The highest BCUT2D eigenvalue weighted by Gasteiger charge is 2.17. The summed E-state index contributed by atoms with van der Waals surface area (Å²) >= 11 is 0. The van der Waals surface area contributed by atoms with Gasteiger partial charge in [-0.25, -0.2) is 15.0 Å². The first-order chi connectivity index (χ1) is 27.2. The molecule has 2 heterocycles. The average Bonchev–Trinajstić information content (AvgIpc) is 3.66. The molecule has 0 radical (unpaired) electrons. The molecule has 0 saturated carbocycles. The molecule has 0 atom stereocenters. The number of benzene rings is 9. The Labute approximate surface area is 317 Å². The van der Waals surface area contributed by atoms with Gasteiger partial charge in [-0.3, -0.25) is 0 Å². The molecule has 0 amide bonds. The number of aromatic nitrogens is 3. The second kappa shape index (κ2) is 12.6. The Morgan fingerprint density at radius 1 is 0.273 bits per heavy atom. The molecular formula is C51H31N3O. The predicted octanol–water partition coefficient (Wildman–Crippen LogP) is 13.6. The fraction of sp³-hybridized carbons (Fsp3) is 0. The van der Waals surface area contributed by atoms with Gasteiger partial charge in [0, 0.05) is 32.8 Å². The van der Waals surface area contributed by atoms with Crippen molar-refractivity contribution < 1.29 is 4.42 Å². The van der Waals surface area contributed by atoms with Crippen LogP contribution in [0.3, 0.4) is 0 Å². The maximum atomic E-state index is 6.59. The maximum absolute atomic E-state index is 6.59. The van der Waals surface area contributed by atoms with Gasteiger partial charge in [0.1, 0.15) is 11.2 Å². The van der Waals surface area contributed by atoms with Crippen LogP contribution >= 0.6 is 0 Å². The van der Waals surface area contributed by atoms with Gasteiger partial charge in [0.2, 0.25) is 0 Å². The first kappa shape index (κ1) is 31.1. The van der Waals surface area contributed by atoms with Gasteiger partial charge in [0.05, 0.1) is 0 Å². The molecule has 0 N–H and O–H groups in total. The molecule has 4 heteroatoms. The van der Waals surface area contributed by atoms with Crippen LogP contribution in [0.4, 0.5) is 0 Å². The van der Waals surface area contributed by atoms with Crippen LogP contribution in [0.1, 0.15) is 0 Å². The second-order valence-electron chi connectivity index (χ2n) is 14.0. The molecular weight excluding hydrogens is 671 g/mol. The van der Waals surface area contributed by atoms with Gasteiger partial charge in [-0.05, 0) is 79.5 Å². The molecule has 9 aromatic carbocycles. The average molecular weight is 702 g/mol. The number of hydrogen-bond donors (Lipinski definition) is 0. The van der Waals surface area contributed by atoms with Crippen LogP contribution in [-0.2, 0) is 0 Å². The molecule has 11 rings (SSSR count). The quantitative estimate of drug-likeness (QED) is 0.168. The summed E-state index contributed by atoms with van der Waals surface area (Å²) in [5.74, 6) is 1.93. The third kappa shape index (κ3) is 5.26. The van der Waals surface area contributed by atoms with Crippen LogP contribution in [0.5, 0.6) is 0 Å². The Morgan fingerprint density at radius 3 is 1.36 bits per heavy atom. The highest BCUT2D eigenvalue weighted by Crippen LogP contribution is 2.43. The van der Waals surface area contributed by atoms with Gasteiger partial charge in [0.15, 0.2) is 17.5 Å². The minimum Gasteiger partial charge on any atom is -0.455 e. The molecule has 0 aliphatic carbocycles. The van der Waals surface area contributed by atoms with Crippen LogP contribution in [0, 0.1) is 0 Å². The molecule has 55 heavy (non-hydrogen) atoms. The predicted molar refractivity (Wildman–Crippen MR) is 227 cm³/mol. The first-order valence-electron chi connectivity index (χ1n) is 18.5. The van der Waals surface area contributed by atoms with Gasteiger partial charge >= 0.3 is 0 Å². The fourth-order valence-electron chi connectivity index (χ4n) is 8.05. The van der Waals surface area contributed by atoms with E-state index in [-0.39, 0.29) is 0 Å². The number of nitrogens with zero attached hydrogens (tertiary/aromatic N) is 3. The third-order valence-electron chi connectivity index (χ3n) is 10.7. The van der Waals surface area contributed by atoms with Gasteiger partial charge in [-0.1, -0.05) is 158 Å². The van der Waals surface area contributed by atoms with E-state index in [2.05, 4.69) is 121 Å². The van der Waals surface area contributed by atoms with Crippen molar-refractivity contribution in [3.8, 4) is 56.4 Å². The lowest BCUT2D eigenvalue weighted by Gasteiger charge is -2.13. The van der Waals surface area contributed by atoms with Crippen LogP contribution in [0.2, 0.25) is 0 Å². The highest BCUT2D eigenvalue weighted by atomic mass is 16.3. The normalized spacial score (nSPS) is 11.6. The summed E-state index contributed by atoms with van der Waals surface area (Å²) in [5, 5.41) is 9.49. The van der Waals surface area contributed by atoms with Crippen molar-refractivity contribution in [1.29, 1.82) is 0 Å². The Hall–Kier alpha value is -7.43. The minimum absolute atomic E-state index is 0.637. The molecule has 0 bridgehead atoms. The molecule has 0 unspecified atom stereocenters. The Morgan fingerprint density at radius 2 is 0.709 bits per heavy atom. The van der Waals surface area contributed by atoms with Crippen molar-refractivity contribution in [2.24, 2.45) is 0 Å². The van der Waals surface area contributed by atoms with Gasteiger partial charge in [-0.2, -0.15) is 0 Å². The molecule has 0 aliphatic rings. The van der Waals surface area contributed by atoms with E-state index in [1.165, 1.54) is 26.9 Å². The van der Waals surface area contributed by atoms with Crippen molar-refractivity contribution in [2.45, 2.75) is 0 Å². The second-order valence-corrected chi connectivity index (χ2v) is 14.0. The lowest BCUT2D eigenvalue weighted by atomic mass is 9.90. The third-order valence-corrected chi connectivity index (χ3v) is 10.7. The Kier molecular flexibility index (Phi) is 7.14. The molecule has 256 valence electrons. The van der Waals surface area contributed by atoms with Crippen molar-refractivity contribution in [3.05, 3.63) is 188 Å². The van der Waals surface area contributed by atoms with Gasteiger partial charge in [-0.15, -0.1) is 0 Å². The Balaban J connectivity index is 1.03.